The summed E-state index contributed by atoms with van der Waals surface area (Å²) in [6, 6.07) is 9.59. The molecule has 1 unspecified atom stereocenters. The number of amides is 1. The Labute approximate surface area is 129 Å². The van der Waals surface area contributed by atoms with Crippen molar-refractivity contribution in [2.45, 2.75) is 25.9 Å². The lowest BCUT2D eigenvalue weighted by molar-refractivity contribution is 0.0517. The van der Waals surface area contributed by atoms with E-state index in [1.807, 2.05) is 37.3 Å². The Morgan fingerprint density at radius 3 is 2.59 bits per heavy atom. The van der Waals surface area contributed by atoms with E-state index in [1.165, 1.54) is 0 Å². The molecule has 0 spiro atoms. The van der Waals surface area contributed by atoms with Gasteiger partial charge < -0.3 is 10.0 Å². The van der Waals surface area contributed by atoms with Gasteiger partial charge in [0.2, 0.25) is 0 Å². The van der Waals surface area contributed by atoms with Crippen molar-refractivity contribution in [3.05, 3.63) is 42.2 Å². The molecule has 6 nitrogen and oxygen atoms in total. The van der Waals surface area contributed by atoms with E-state index in [2.05, 4.69) is 10.3 Å². The van der Waals surface area contributed by atoms with Gasteiger partial charge in [-0.05, 0) is 37.8 Å². The van der Waals surface area contributed by atoms with Gasteiger partial charge in [-0.25, -0.2) is 4.68 Å². The van der Waals surface area contributed by atoms with Gasteiger partial charge in [-0.2, -0.15) is 0 Å². The summed E-state index contributed by atoms with van der Waals surface area (Å²) in [7, 11) is 0. The second kappa shape index (κ2) is 6.27. The average Bonchev–Trinajstić information content (AvgIpc) is 3.05. The molecule has 1 N–H and O–H groups in total. The van der Waals surface area contributed by atoms with Gasteiger partial charge in [0.1, 0.15) is 0 Å². The second-order valence-corrected chi connectivity index (χ2v) is 5.75. The van der Waals surface area contributed by atoms with Crippen LogP contribution in [-0.4, -0.2) is 50.1 Å². The minimum absolute atomic E-state index is 0.0915. The number of hydrogen-bond acceptors (Lipinski definition) is 4. The first-order valence-electron chi connectivity index (χ1n) is 7.60. The fourth-order valence-electron chi connectivity index (χ4n) is 2.82. The lowest BCUT2D eigenvalue weighted by Crippen LogP contribution is -2.40. The maximum atomic E-state index is 12.5. The summed E-state index contributed by atoms with van der Waals surface area (Å²) in [5, 5.41) is 17.6. The molecule has 0 saturated carbocycles. The normalized spacial score (nSPS) is 17.5. The van der Waals surface area contributed by atoms with Crippen LogP contribution in [0, 0.1) is 5.92 Å². The van der Waals surface area contributed by atoms with Crippen LogP contribution in [0.3, 0.4) is 0 Å². The van der Waals surface area contributed by atoms with Gasteiger partial charge in [0.15, 0.2) is 5.69 Å². The van der Waals surface area contributed by atoms with E-state index in [0.717, 1.165) is 18.5 Å². The molecular weight excluding hydrogens is 280 g/mol. The standard InChI is InChI=1S/C16H20N4O2/c1-12(21)13-7-9-19(10-8-13)16(22)15-11-20(18-17-15)14-5-3-2-4-6-14/h2-6,11-13,21H,7-10H2,1H3. The van der Waals surface area contributed by atoms with Crippen molar-refractivity contribution in [2.24, 2.45) is 5.92 Å². The third-order valence-electron chi connectivity index (χ3n) is 4.24. The quantitative estimate of drug-likeness (QED) is 0.932. The van der Waals surface area contributed by atoms with Crippen molar-refractivity contribution in [3.63, 3.8) is 0 Å². The van der Waals surface area contributed by atoms with Crippen LogP contribution in [0.1, 0.15) is 30.3 Å². The third-order valence-corrected chi connectivity index (χ3v) is 4.24. The molecule has 1 fully saturated rings. The summed E-state index contributed by atoms with van der Waals surface area (Å²) in [6.07, 6.45) is 3.02. The highest BCUT2D eigenvalue weighted by atomic mass is 16.3. The van der Waals surface area contributed by atoms with Gasteiger partial charge >= 0.3 is 0 Å². The van der Waals surface area contributed by atoms with Crippen LogP contribution in [0.4, 0.5) is 0 Å². The minimum Gasteiger partial charge on any atom is -0.393 e. The van der Waals surface area contributed by atoms with Crippen molar-refractivity contribution in [1.29, 1.82) is 0 Å². The highest BCUT2D eigenvalue weighted by Crippen LogP contribution is 2.21. The van der Waals surface area contributed by atoms with Gasteiger partial charge in [0.25, 0.3) is 5.91 Å². The van der Waals surface area contributed by atoms with E-state index >= 15 is 0 Å². The lowest BCUT2D eigenvalue weighted by Gasteiger charge is -2.32. The molecule has 1 amide bonds. The number of aliphatic hydroxyl groups is 1. The van der Waals surface area contributed by atoms with Crippen LogP contribution in [0.5, 0.6) is 0 Å². The molecular formula is C16H20N4O2. The Bertz CT molecular complexity index is 631. The Kier molecular flexibility index (Phi) is 4.20. The molecule has 22 heavy (non-hydrogen) atoms. The number of aliphatic hydroxyl groups excluding tert-OH is 1. The molecule has 1 aliphatic rings. The SMILES string of the molecule is CC(O)C1CCN(C(=O)c2cn(-c3ccccc3)nn2)CC1. The highest BCUT2D eigenvalue weighted by Gasteiger charge is 2.27. The molecule has 0 aliphatic carbocycles. The highest BCUT2D eigenvalue weighted by molar-refractivity contribution is 5.92. The Balaban J connectivity index is 1.68. The summed E-state index contributed by atoms with van der Waals surface area (Å²) in [4.78, 5) is 14.3. The van der Waals surface area contributed by atoms with Gasteiger partial charge in [-0.3, -0.25) is 4.79 Å². The maximum absolute atomic E-state index is 12.5. The average molecular weight is 300 g/mol. The van der Waals surface area contributed by atoms with E-state index < -0.39 is 0 Å². The smallest absolute Gasteiger partial charge is 0.276 e. The second-order valence-electron chi connectivity index (χ2n) is 5.75. The van der Waals surface area contributed by atoms with Crippen LogP contribution in [0.15, 0.2) is 36.5 Å². The molecule has 0 radical (unpaired) electrons. The van der Waals surface area contributed by atoms with Gasteiger partial charge in [0.05, 0.1) is 18.0 Å². The molecule has 116 valence electrons. The topological polar surface area (TPSA) is 71.2 Å². The number of piperidine rings is 1. The minimum atomic E-state index is -0.309. The van der Waals surface area contributed by atoms with Crippen LogP contribution in [0.25, 0.3) is 5.69 Å². The largest absolute Gasteiger partial charge is 0.393 e. The summed E-state index contributed by atoms with van der Waals surface area (Å²) in [5.41, 5.74) is 1.24. The van der Waals surface area contributed by atoms with Crippen molar-refractivity contribution < 1.29 is 9.90 Å². The molecule has 2 heterocycles. The molecule has 1 saturated heterocycles. The number of para-hydroxylation sites is 1. The van der Waals surface area contributed by atoms with Crippen LogP contribution in [0.2, 0.25) is 0 Å². The third kappa shape index (κ3) is 3.01. The van der Waals surface area contributed by atoms with E-state index in [0.29, 0.717) is 18.8 Å². The molecule has 1 atom stereocenters. The van der Waals surface area contributed by atoms with Crippen LogP contribution in [-0.2, 0) is 0 Å². The molecule has 1 aliphatic heterocycles. The molecule has 0 bridgehead atoms. The molecule has 1 aromatic carbocycles. The summed E-state index contributed by atoms with van der Waals surface area (Å²) < 4.78 is 1.61. The zero-order chi connectivity index (χ0) is 15.5. The summed E-state index contributed by atoms with van der Waals surface area (Å²) in [6.45, 7) is 3.13. The summed E-state index contributed by atoms with van der Waals surface area (Å²) >= 11 is 0. The zero-order valence-electron chi connectivity index (χ0n) is 12.6. The first-order chi connectivity index (χ1) is 10.6. The number of carbonyl (C=O) groups excluding carboxylic acids is 1. The molecule has 2 aromatic rings. The fraction of sp³-hybridized carbons (Fsp3) is 0.438. The summed E-state index contributed by atoms with van der Waals surface area (Å²) in [5.74, 6) is 0.190. The van der Waals surface area contributed by atoms with E-state index in [-0.39, 0.29) is 17.9 Å². The molecule has 6 heteroatoms. The van der Waals surface area contributed by atoms with E-state index in [4.69, 9.17) is 0 Å². The number of benzene rings is 1. The fourth-order valence-corrected chi connectivity index (χ4v) is 2.82. The number of hydrogen-bond donors (Lipinski definition) is 1. The lowest BCUT2D eigenvalue weighted by atomic mass is 9.92. The van der Waals surface area contributed by atoms with Gasteiger partial charge in [-0.1, -0.05) is 23.4 Å². The van der Waals surface area contributed by atoms with E-state index in [9.17, 15) is 9.90 Å². The van der Waals surface area contributed by atoms with Crippen molar-refractivity contribution in [1.82, 2.24) is 19.9 Å². The Morgan fingerprint density at radius 1 is 1.27 bits per heavy atom. The number of nitrogens with zero attached hydrogens (tertiary/aromatic N) is 4. The number of likely N-dealkylation sites (tertiary alicyclic amines) is 1. The predicted molar refractivity (Wildman–Crippen MR) is 81.7 cm³/mol. The van der Waals surface area contributed by atoms with Crippen molar-refractivity contribution in [3.8, 4) is 5.69 Å². The number of carbonyl (C=O) groups is 1. The predicted octanol–water partition coefficient (Wildman–Crippen LogP) is 1.50. The van der Waals surface area contributed by atoms with Crippen molar-refractivity contribution in [2.75, 3.05) is 13.1 Å². The molecule has 1 aromatic heterocycles. The zero-order valence-corrected chi connectivity index (χ0v) is 12.6. The maximum Gasteiger partial charge on any atom is 0.276 e. The first kappa shape index (κ1) is 14.7. The Hall–Kier alpha value is -2.21. The number of aromatic nitrogens is 3. The van der Waals surface area contributed by atoms with Gasteiger partial charge in [0, 0.05) is 13.1 Å². The number of rotatable bonds is 3. The monoisotopic (exact) mass is 300 g/mol. The van der Waals surface area contributed by atoms with Crippen LogP contribution >= 0.6 is 0 Å². The van der Waals surface area contributed by atoms with Crippen LogP contribution < -0.4 is 0 Å². The first-order valence-corrected chi connectivity index (χ1v) is 7.60. The van der Waals surface area contributed by atoms with Crippen molar-refractivity contribution >= 4 is 5.91 Å². The molecule has 3 rings (SSSR count). The van der Waals surface area contributed by atoms with Gasteiger partial charge in [-0.15, -0.1) is 5.10 Å². The van der Waals surface area contributed by atoms with E-state index in [1.54, 1.807) is 15.8 Å². The Morgan fingerprint density at radius 2 is 1.95 bits per heavy atom.